The van der Waals surface area contributed by atoms with Crippen molar-refractivity contribution >= 4 is 15.9 Å². The highest BCUT2D eigenvalue weighted by Gasteiger charge is 2.24. The third kappa shape index (κ3) is 2.29. The summed E-state index contributed by atoms with van der Waals surface area (Å²) in [6, 6.07) is 4.83. The molecule has 0 saturated heterocycles. The maximum absolute atomic E-state index is 13.4. The highest BCUT2D eigenvalue weighted by Crippen LogP contribution is 2.25. The molecule has 0 bridgehead atoms. The van der Waals surface area contributed by atoms with Gasteiger partial charge in [-0.1, -0.05) is 28.1 Å². The molecule has 0 aliphatic heterocycles. The summed E-state index contributed by atoms with van der Waals surface area (Å²) in [7, 11) is 0. The van der Waals surface area contributed by atoms with Crippen LogP contribution in [0.3, 0.4) is 0 Å². The molecule has 1 aromatic rings. The lowest BCUT2D eigenvalue weighted by molar-refractivity contribution is 0.0812. The molecule has 0 amide bonds. The molecular formula is C10H12BrFO. The number of halogens is 2. The van der Waals surface area contributed by atoms with Crippen LogP contribution in [0.1, 0.15) is 18.1 Å². The first-order chi connectivity index (χ1) is 5.97. The number of hydrogen-bond acceptors (Lipinski definition) is 1. The second-order valence-corrected chi connectivity index (χ2v) is 3.95. The Morgan fingerprint density at radius 2 is 2.15 bits per heavy atom. The predicted octanol–water partition coefficient (Wildman–Crippen LogP) is 2.74. The Bertz CT molecular complexity index is 310. The van der Waals surface area contributed by atoms with Gasteiger partial charge in [0.2, 0.25) is 0 Å². The number of rotatable bonds is 2. The highest BCUT2D eigenvalue weighted by molar-refractivity contribution is 9.09. The Morgan fingerprint density at radius 3 is 2.62 bits per heavy atom. The van der Waals surface area contributed by atoms with E-state index in [-0.39, 0.29) is 5.82 Å². The van der Waals surface area contributed by atoms with Gasteiger partial charge >= 0.3 is 0 Å². The molecule has 0 heterocycles. The third-order valence-corrected chi connectivity index (χ3v) is 3.06. The van der Waals surface area contributed by atoms with Crippen LogP contribution in [0, 0.1) is 12.7 Å². The normalized spacial score (nSPS) is 15.5. The minimum Gasteiger partial charge on any atom is -0.384 e. The van der Waals surface area contributed by atoms with Gasteiger partial charge in [-0.05, 0) is 25.5 Å². The quantitative estimate of drug-likeness (QED) is 0.796. The zero-order valence-corrected chi connectivity index (χ0v) is 9.23. The summed E-state index contributed by atoms with van der Waals surface area (Å²) in [6.07, 6.45) is 0. The van der Waals surface area contributed by atoms with Crippen LogP contribution in [-0.2, 0) is 5.60 Å². The summed E-state index contributed by atoms with van der Waals surface area (Å²) in [5.41, 5.74) is 0.0409. The lowest BCUT2D eigenvalue weighted by Gasteiger charge is -2.21. The van der Waals surface area contributed by atoms with E-state index in [1.165, 1.54) is 6.07 Å². The first-order valence-corrected chi connectivity index (χ1v) is 5.14. The van der Waals surface area contributed by atoms with Gasteiger partial charge in [-0.3, -0.25) is 0 Å². The van der Waals surface area contributed by atoms with E-state index < -0.39 is 5.60 Å². The summed E-state index contributed by atoms with van der Waals surface area (Å²) < 4.78 is 13.4. The van der Waals surface area contributed by atoms with Crippen LogP contribution in [0.15, 0.2) is 18.2 Å². The minimum absolute atomic E-state index is 0.319. The van der Waals surface area contributed by atoms with E-state index in [1.807, 2.05) is 6.92 Å². The average molecular weight is 247 g/mol. The predicted molar refractivity (Wildman–Crippen MR) is 54.5 cm³/mol. The molecule has 1 rings (SSSR count). The molecule has 3 heteroatoms. The maximum Gasteiger partial charge on any atom is 0.129 e. The molecule has 0 aromatic heterocycles. The largest absolute Gasteiger partial charge is 0.384 e. The van der Waals surface area contributed by atoms with Crippen molar-refractivity contribution < 1.29 is 9.50 Å². The van der Waals surface area contributed by atoms with Crippen molar-refractivity contribution in [1.29, 1.82) is 0 Å². The van der Waals surface area contributed by atoms with Crippen molar-refractivity contribution in [3.63, 3.8) is 0 Å². The summed E-state index contributed by atoms with van der Waals surface area (Å²) in [5, 5.41) is 10.1. The summed E-state index contributed by atoms with van der Waals surface area (Å²) >= 11 is 3.14. The average Bonchev–Trinajstić information content (AvgIpc) is 2.03. The molecule has 0 saturated carbocycles. The SMILES string of the molecule is Cc1ccc(C(C)(O)CBr)c(F)c1. The molecule has 1 aromatic carbocycles. The lowest BCUT2D eigenvalue weighted by atomic mass is 9.97. The Kier molecular flexibility index (Phi) is 3.09. The topological polar surface area (TPSA) is 20.2 Å². The Hall–Kier alpha value is -0.410. The maximum atomic E-state index is 13.4. The fourth-order valence-corrected chi connectivity index (χ4v) is 1.43. The standard InChI is InChI=1S/C10H12BrFO/c1-7-3-4-8(9(12)5-7)10(2,13)6-11/h3-5,13H,6H2,1-2H3. The molecule has 0 aliphatic carbocycles. The summed E-state index contributed by atoms with van der Waals surface area (Å²) in [4.78, 5) is 0. The van der Waals surface area contributed by atoms with E-state index in [0.29, 0.717) is 10.9 Å². The molecule has 0 fully saturated rings. The summed E-state index contributed by atoms with van der Waals surface area (Å²) in [6.45, 7) is 3.39. The van der Waals surface area contributed by atoms with Crippen molar-refractivity contribution in [3.05, 3.63) is 35.1 Å². The number of hydrogen-bond donors (Lipinski definition) is 1. The van der Waals surface area contributed by atoms with E-state index >= 15 is 0 Å². The van der Waals surface area contributed by atoms with Gasteiger partial charge in [-0.2, -0.15) is 0 Å². The van der Waals surface area contributed by atoms with Crippen LogP contribution in [0.4, 0.5) is 4.39 Å². The van der Waals surface area contributed by atoms with Gasteiger partial charge in [-0.15, -0.1) is 0 Å². The van der Waals surface area contributed by atoms with Crippen molar-refractivity contribution in [2.75, 3.05) is 5.33 Å². The van der Waals surface area contributed by atoms with Crippen LogP contribution >= 0.6 is 15.9 Å². The number of aliphatic hydroxyl groups is 1. The zero-order chi connectivity index (χ0) is 10.1. The van der Waals surface area contributed by atoms with Crippen LogP contribution in [0.2, 0.25) is 0 Å². The fourth-order valence-electron chi connectivity index (χ4n) is 1.13. The van der Waals surface area contributed by atoms with Crippen LogP contribution in [-0.4, -0.2) is 10.4 Å². The molecule has 1 N–H and O–H groups in total. The number of aryl methyl sites for hydroxylation is 1. The molecule has 0 spiro atoms. The van der Waals surface area contributed by atoms with Crippen LogP contribution in [0.25, 0.3) is 0 Å². The first-order valence-electron chi connectivity index (χ1n) is 4.02. The van der Waals surface area contributed by atoms with Crippen molar-refractivity contribution in [2.45, 2.75) is 19.4 Å². The lowest BCUT2D eigenvalue weighted by Crippen LogP contribution is -2.24. The molecule has 1 atom stereocenters. The smallest absolute Gasteiger partial charge is 0.129 e. The van der Waals surface area contributed by atoms with Crippen LogP contribution < -0.4 is 0 Å². The minimum atomic E-state index is -1.14. The second-order valence-electron chi connectivity index (χ2n) is 3.39. The fraction of sp³-hybridized carbons (Fsp3) is 0.400. The third-order valence-electron chi connectivity index (χ3n) is 1.97. The first kappa shape index (κ1) is 10.7. The van der Waals surface area contributed by atoms with Gasteiger partial charge in [0, 0.05) is 10.9 Å². The van der Waals surface area contributed by atoms with Gasteiger partial charge in [0.15, 0.2) is 0 Å². The molecule has 13 heavy (non-hydrogen) atoms. The van der Waals surface area contributed by atoms with E-state index in [4.69, 9.17) is 0 Å². The van der Waals surface area contributed by atoms with Crippen molar-refractivity contribution in [3.8, 4) is 0 Å². The monoisotopic (exact) mass is 246 g/mol. The van der Waals surface area contributed by atoms with E-state index in [1.54, 1.807) is 19.1 Å². The van der Waals surface area contributed by atoms with Gasteiger partial charge in [0.05, 0.1) is 5.60 Å². The van der Waals surface area contributed by atoms with E-state index in [9.17, 15) is 9.50 Å². The van der Waals surface area contributed by atoms with Gasteiger partial charge in [0.1, 0.15) is 5.82 Å². The molecular weight excluding hydrogens is 235 g/mol. The number of alkyl halides is 1. The van der Waals surface area contributed by atoms with Crippen molar-refractivity contribution in [2.24, 2.45) is 0 Å². The van der Waals surface area contributed by atoms with Gasteiger partial charge < -0.3 is 5.11 Å². The second kappa shape index (κ2) is 3.76. The molecule has 1 unspecified atom stereocenters. The van der Waals surface area contributed by atoms with Gasteiger partial charge in [0.25, 0.3) is 0 Å². The van der Waals surface area contributed by atoms with E-state index in [2.05, 4.69) is 15.9 Å². The molecule has 0 aliphatic rings. The molecule has 72 valence electrons. The summed E-state index contributed by atoms with van der Waals surface area (Å²) in [5.74, 6) is -0.357. The Morgan fingerprint density at radius 1 is 1.54 bits per heavy atom. The van der Waals surface area contributed by atoms with Gasteiger partial charge in [-0.25, -0.2) is 4.39 Å². The molecule has 1 nitrogen and oxygen atoms in total. The molecule has 0 radical (unpaired) electrons. The van der Waals surface area contributed by atoms with Crippen LogP contribution in [0.5, 0.6) is 0 Å². The van der Waals surface area contributed by atoms with Crippen molar-refractivity contribution in [1.82, 2.24) is 0 Å². The highest BCUT2D eigenvalue weighted by atomic mass is 79.9. The number of benzene rings is 1. The van der Waals surface area contributed by atoms with E-state index in [0.717, 1.165) is 5.56 Å². The Balaban J connectivity index is 3.16. The zero-order valence-electron chi connectivity index (χ0n) is 7.64. The Labute approximate surface area is 85.7 Å².